The van der Waals surface area contributed by atoms with Crippen molar-refractivity contribution in [2.24, 2.45) is 0 Å². The van der Waals surface area contributed by atoms with Crippen molar-refractivity contribution in [3.05, 3.63) is 89.2 Å². The zero-order chi connectivity index (χ0) is 16.8. The molecule has 2 aromatic carbocycles. The van der Waals surface area contributed by atoms with E-state index in [4.69, 9.17) is 11.6 Å². The third-order valence-corrected chi connectivity index (χ3v) is 3.69. The first-order valence-corrected chi connectivity index (χ1v) is 7.89. The molecular weight excluding hydrogens is 322 g/mol. The number of nitrogens with one attached hydrogen (secondary N) is 2. The van der Waals surface area contributed by atoms with E-state index in [1.165, 1.54) is 0 Å². The molecule has 3 rings (SSSR count). The number of amides is 1. The summed E-state index contributed by atoms with van der Waals surface area (Å²) in [6, 6.07) is 20.5. The van der Waals surface area contributed by atoms with Crippen LogP contribution in [0.2, 0.25) is 5.02 Å². The number of hydrogen-bond acceptors (Lipinski definition) is 3. The molecule has 0 saturated carbocycles. The molecule has 0 atom stereocenters. The number of pyridine rings is 1. The molecule has 0 aliphatic heterocycles. The average molecular weight is 338 g/mol. The zero-order valence-electron chi connectivity index (χ0n) is 12.9. The van der Waals surface area contributed by atoms with E-state index in [1.54, 1.807) is 12.3 Å². The van der Waals surface area contributed by atoms with E-state index in [2.05, 4.69) is 15.6 Å². The first kappa shape index (κ1) is 16.0. The summed E-state index contributed by atoms with van der Waals surface area (Å²) in [5.41, 5.74) is 3.04. The molecule has 0 unspecified atom stereocenters. The Labute approximate surface area is 145 Å². The predicted octanol–water partition coefficient (Wildman–Crippen LogP) is 4.60. The number of carbonyl (C=O) groups excluding carboxylic acids is 1. The van der Waals surface area contributed by atoms with E-state index in [-0.39, 0.29) is 5.91 Å². The van der Waals surface area contributed by atoms with Crippen molar-refractivity contribution in [3.8, 4) is 0 Å². The van der Waals surface area contributed by atoms with Crippen molar-refractivity contribution in [1.29, 1.82) is 0 Å². The van der Waals surface area contributed by atoms with Crippen molar-refractivity contribution in [1.82, 2.24) is 4.98 Å². The van der Waals surface area contributed by atoms with Crippen LogP contribution < -0.4 is 10.6 Å². The van der Waals surface area contributed by atoms with Crippen molar-refractivity contribution in [2.75, 3.05) is 10.6 Å². The van der Waals surface area contributed by atoms with E-state index in [9.17, 15) is 4.79 Å². The number of para-hydroxylation sites is 1. The summed E-state index contributed by atoms with van der Waals surface area (Å²) in [5.74, 6) is -0.239. The van der Waals surface area contributed by atoms with Crippen LogP contribution in [0.25, 0.3) is 0 Å². The van der Waals surface area contributed by atoms with Crippen LogP contribution in [0.1, 0.15) is 16.1 Å². The Morgan fingerprint density at radius 1 is 0.958 bits per heavy atom. The molecule has 0 saturated heterocycles. The lowest BCUT2D eigenvalue weighted by Crippen LogP contribution is -2.14. The van der Waals surface area contributed by atoms with Crippen LogP contribution in [0, 0.1) is 0 Å². The maximum Gasteiger partial charge on any atom is 0.274 e. The Hall–Kier alpha value is -2.85. The lowest BCUT2D eigenvalue weighted by molar-refractivity contribution is 0.102. The van der Waals surface area contributed by atoms with Crippen LogP contribution in [0.5, 0.6) is 0 Å². The van der Waals surface area contributed by atoms with Gasteiger partial charge in [-0.2, -0.15) is 0 Å². The molecule has 120 valence electrons. The smallest absolute Gasteiger partial charge is 0.274 e. The van der Waals surface area contributed by atoms with Crippen LogP contribution in [0.15, 0.2) is 72.9 Å². The van der Waals surface area contributed by atoms with Gasteiger partial charge in [0.2, 0.25) is 0 Å². The van der Waals surface area contributed by atoms with Gasteiger partial charge >= 0.3 is 0 Å². The second kappa shape index (κ2) is 7.62. The maximum atomic E-state index is 12.3. The molecule has 0 aliphatic rings. The van der Waals surface area contributed by atoms with Crippen LogP contribution in [0.4, 0.5) is 11.4 Å². The molecule has 5 heteroatoms. The van der Waals surface area contributed by atoms with E-state index >= 15 is 0 Å². The number of rotatable bonds is 5. The lowest BCUT2D eigenvalue weighted by atomic mass is 10.2. The average Bonchev–Trinajstić information content (AvgIpc) is 2.62. The van der Waals surface area contributed by atoms with Gasteiger partial charge in [-0.15, -0.1) is 0 Å². The summed E-state index contributed by atoms with van der Waals surface area (Å²) in [7, 11) is 0. The molecule has 0 fully saturated rings. The Bertz CT molecular complexity index is 820. The molecule has 0 radical (unpaired) electrons. The normalized spacial score (nSPS) is 10.2. The van der Waals surface area contributed by atoms with Crippen LogP contribution in [0.3, 0.4) is 0 Å². The van der Waals surface area contributed by atoms with E-state index in [0.29, 0.717) is 17.3 Å². The Kier molecular flexibility index (Phi) is 5.08. The quantitative estimate of drug-likeness (QED) is 0.715. The molecule has 1 aromatic heterocycles. The minimum Gasteiger partial charge on any atom is -0.381 e. The number of nitrogens with zero attached hydrogens (tertiary/aromatic N) is 1. The molecular formula is C19H16ClN3O. The third kappa shape index (κ3) is 4.33. The van der Waals surface area contributed by atoms with Gasteiger partial charge in [0, 0.05) is 29.1 Å². The molecule has 1 heterocycles. The first-order valence-electron chi connectivity index (χ1n) is 7.51. The summed E-state index contributed by atoms with van der Waals surface area (Å²) in [4.78, 5) is 16.4. The van der Waals surface area contributed by atoms with Gasteiger partial charge in [0.1, 0.15) is 5.69 Å². The number of anilines is 2. The molecule has 24 heavy (non-hydrogen) atoms. The Balaban J connectivity index is 1.65. The lowest BCUT2D eigenvalue weighted by Gasteiger charge is -2.09. The topological polar surface area (TPSA) is 54.0 Å². The molecule has 0 spiro atoms. The number of halogens is 1. The van der Waals surface area contributed by atoms with Gasteiger partial charge in [0.25, 0.3) is 5.91 Å². The summed E-state index contributed by atoms with van der Waals surface area (Å²) in [6.45, 7) is 0.640. The van der Waals surface area contributed by atoms with E-state index < -0.39 is 0 Å². The Morgan fingerprint density at radius 3 is 2.46 bits per heavy atom. The van der Waals surface area contributed by atoms with Crippen molar-refractivity contribution < 1.29 is 4.79 Å². The summed E-state index contributed by atoms with van der Waals surface area (Å²) in [6.07, 6.45) is 1.62. The van der Waals surface area contributed by atoms with Gasteiger partial charge in [-0.25, -0.2) is 0 Å². The number of hydrogen-bond donors (Lipinski definition) is 2. The van der Waals surface area contributed by atoms with Crippen molar-refractivity contribution >= 4 is 28.9 Å². The molecule has 0 aliphatic carbocycles. The SMILES string of the molecule is O=C(Nc1ccccc1)c1cc(NCc2ccc(Cl)cc2)ccn1. The zero-order valence-corrected chi connectivity index (χ0v) is 13.6. The molecule has 1 amide bonds. The summed E-state index contributed by atoms with van der Waals surface area (Å²) >= 11 is 5.88. The summed E-state index contributed by atoms with van der Waals surface area (Å²) in [5, 5.41) is 6.81. The first-order chi connectivity index (χ1) is 11.7. The highest BCUT2D eigenvalue weighted by Crippen LogP contribution is 2.14. The van der Waals surface area contributed by atoms with Gasteiger partial charge in [0.05, 0.1) is 0 Å². The van der Waals surface area contributed by atoms with E-state index in [1.807, 2.05) is 60.7 Å². The highest BCUT2D eigenvalue weighted by atomic mass is 35.5. The largest absolute Gasteiger partial charge is 0.381 e. The van der Waals surface area contributed by atoms with Crippen LogP contribution in [-0.2, 0) is 6.54 Å². The summed E-state index contributed by atoms with van der Waals surface area (Å²) < 4.78 is 0. The highest BCUT2D eigenvalue weighted by molar-refractivity contribution is 6.30. The minimum atomic E-state index is -0.239. The molecule has 0 bridgehead atoms. The second-order valence-electron chi connectivity index (χ2n) is 5.23. The number of carbonyl (C=O) groups is 1. The fraction of sp³-hybridized carbons (Fsp3) is 0.0526. The molecule has 4 nitrogen and oxygen atoms in total. The van der Waals surface area contributed by atoms with Gasteiger partial charge < -0.3 is 10.6 Å². The van der Waals surface area contributed by atoms with Gasteiger partial charge in [-0.3, -0.25) is 9.78 Å². The fourth-order valence-electron chi connectivity index (χ4n) is 2.19. The van der Waals surface area contributed by atoms with Crippen LogP contribution >= 0.6 is 11.6 Å². The second-order valence-corrected chi connectivity index (χ2v) is 5.67. The van der Waals surface area contributed by atoms with Gasteiger partial charge in [-0.1, -0.05) is 41.9 Å². The maximum absolute atomic E-state index is 12.3. The van der Waals surface area contributed by atoms with Gasteiger partial charge in [-0.05, 0) is 42.0 Å². The molecule has 2 N–H and O–H groups in total. The van der Waals surface area contributed by atoms with Crippen LogP contribution in [-0.4, -0.2) is 10.9 Å². The predicted molar refractivity (Wildman–Crippen MR) is 97.4 cm³/mol. The number of benzene rings is 2. The standard InChI is InChI=1S/C19H16ClN3O/c20-15-8-6-14(7-9-15)13-22-17-10-11-21-18(12-17)19(24)23-16-4-2-1-3-5-16/h1-12H,13H2,(H,21,22)(H,23,24). The minimum absolute atomic E-state index is 0.239. The van der Waals surface area contributed by atoms with Gasteiger partial charge in [0.15, 0.2) is 0 Å². The highest BCUT2D eigenvalue weighted by Gasteiger charge is 2.08. The fourth-order valence-corrected chi connectivity index (χ4v) is 2.31. The third-order valence-electron chi connectivity index (χ3n) is 3.43. The Morgan fingerprint density at radius 2 is 1.71 bits per heavy atom. The van der Waals surface area contributed by atoms with Crippen molar-refractivity contribution in [3.63, 3.8) is 0 Å². The molecule has 3 aromatic rings. The monoisotopic (exact) mass is 337 g/mol. The number of aromatic nitrogens is 1. The van der Waals surface area contributed by atoms with Crippen molar-refractivity contribution in [2.45, 2.75) is 6.54 Å². The van der Waals surface area contributed by atoms with E-state index in [0.717, 1.165) is 16.9 Å².